The third-order valence-electron chi connectivity index (χ3n) is 5.39. The Hall–Kier alpha value is -3.90. The monoisotopic (exact) mass is 505 g/mol. The molecule has 176 valence electrons. The van der Waals surface area contributed by atoms with Crippen LogP contribution < -0.4 is 0 Å². The highest BCUT2D eigenvalue weighted by Gasteiger charge is 2.15. The number of rotatable bonds is 5. The summed E-state index contributed by atoms with van der Waals surface area (Å²) in [5, 5.41) is 9.30. The predicted molar refractivity (Wildman–Crippen MR) is 128 cm³/mol. The molecule has 0 N–H and O–H groups in total. The zero-order valence-electron chi connectivity index (χ0n) is 17.8. The van der Waals surface area contributed by atoms with Crippen LogP contribution in [0.5, 0.6) is 0 Å². The summed E-state index contributed by atoms with van der Waals surface area (Å²) in [7, 11) is -9.54. The van der Waals surface area contributed by atoms with E-state index in [2.05, 4.69) is 10.2 Å². The molecular weight excluding hydrogens is 490 g/mol. The molecule has 35 heavy (non-hydrogen) atoms. The molecular formula is C24H15N3O6S2-2. The van der Waals surface area contributed by atoms with Gasteiger partial charge in [-0.3, -0.25) is 0 Å². The number of aromatic nitrogens is 3. The SMILES string of the molecule is O=S(=O)([O-])c1cc(-n2nc3ccc4c(S(=O)(=O)[O-])cccc4c3n2)ccc1C=Cc1ccccc1. The van der Waals surface area contributed by atoms with Crippen LogP contribution in [-0.2, 0) is 20.2 Å². The van der Waals surface area contributed by atoms with Crippen LogP contribution in [0.2, 0.25) is 0 Å². The zero-order valence-corrected chi connectivity index (χ0v) is 19.4. The summed E-state index contributed by atoms with van der Waals surface area (Å²) >= 11 is 0. The number of hydrogen-bond acceptors (Lipinski definition) is 8. The minimum atomic E-state index is -4.83. The Labute approximate surface area is 200 Å². The second kappa shape index (κ2) is 8.40. The van der Waals surface area contributed by atoms with Gasteiger partial charge in [-0.05, 0) is 35.4 Å². The van der Waals surface area contributed by atoms with E-state index in [0.29, 0.717) is 16.4 Å². The molecule has 0 unspecified atom stereocenters. The van der Waals surface area contributed by atoms with Crippen molar-refractivity contribution in [2.24, 2.45) is 0 Å². The summed E-state index contributed by atoms with van der Waals surface area (Å²) in [6.45, 7) is 0. The van der Waals surface area contributed by atoms with E-state index in [1.165, 1.54) is 42.5 Å². The molecule has 0 fully saturated rings. The highest BCUT2D eigenvalue weighted by molar-refractivity contribution is 7.86. The Balaban J connectivity index is 1.64. The van der Waals surface area contributed by atoms with E-state index in [4.69, 9.17) is 0 Å². The normalized spacial score (nSPS) is 12.6. The lowest BCUT2D eigenvalue weighted by atomic mass is 10.1. The lowest BCUT2D eigenvalue weighted by molar-refractivity contribution is 0.461. The molecule has 0 bridgehead atoms. The number of nitrogens with zero attached hydrogens (tertiary/aromatic N) is 3. The van der Waals surface area contributed by atoms with Gasteiger partial charge in [-0.15, -0.1) is 10.2 Å². The minimum absolute atomic E-state index is 0.200. The Bertz CT molecular complexity index is 1850. The van der Waals surface area contributed by atoms with E-state index < -0.39 is 25.1 Å². The number of benzene rings is 4. The fourth-order valence-corrected chi connectivity index (χ4v) is 5.17. The third-order valence-corrected chi connectivity index (χ3v) is 7.18. The van der Waals surface area contributed by atoms with Gasteiger partial charge >= 0.3 is 0 Å². The van der Waals surface area contributed by atoms with E-state index in [-0.39, 0.29) is 21.5 Å². The molecule has 0 atom stereocenters. The summed E-state index contributed by atoms with van der Waals surface area (Å²) in [4.78, 5) is 0.343. The van der Waals surface area contributed by atoms with Crippen molar-refractivity contribution in [3.63, 3.8) is 0 Å². The van der Waals surface area contributed by atoms with Crippen LogP contribution in [0.3, 0.4) is 0 Å². The van der Waals surface area contributed by atoms with Crippen LogP contribution in [0.25, 0.3) is 39.6 Å². The van der Waals surface area contributed by atoms with Gasteiger partial charge in [0, 0.05) is 10.8 Å². The molecule has 0 aliphatic carbocycles. The Morgan fingerprint density at radius 2 is 1.43 bits per heavy atom. The molecule has 5 rings (SSSR count). The van der Waals surface area contributed by atoms with E-state index >= 15 is 0 Å². The predicted octanol–water partition coefficient (Wildman–Crippen LogP) is 3.55. The summed E-state index contributed by atoms with van der Waals surface area (Å²) in [6.07, 6.45) is 3.23. The molecule has 0 saturated heterocycles. The lowest BCUT2D eigenvalue weighted by Gasteiger charge is -2.12. The molecule has 11 heteroatoms. The van der Waals surface area contributed by atoms with Crippen LogP contribution in [0, 0.1) is 0 Å². The lowest BCUT2D eigenvalue weighted by Crippen LogP contribution is -2.05. The molecule has 0 spiro atoms. The third kappa shape index (κ3) is 4.45. The molecule has 0 aliphatic rings. The fraction of sp³-hybridized carbons (Fsp3) is 0. The summed E-state index contributed by atoms with van der Waals surface area (Å²) in [5.41, 5.74) is 1.95. The van der Waals surface area contributed by atoms with Crippen LogP contribution in [-0.4, -0.2) is 40.9 Å². The zero-order chi connectivity index (χ0) is 24.8. The van der Waals surface area contributed by atoms with Gasteiger partial charge in [-0.2, -0.15) is 4.80 Å². The largest absolute Gasteiger partial charge is 0.744 e. The van der Waals surface area contributed by atoms with Gasteiger partial charge in [-0.25, -0.2) is 16.8 Å². The van der Waals surface area contributed by atoms with Gasteiger partial charge in [0.15, 0.2) is 0 Å². The average Bonchev–Trinajstić information content (AvgIpc) is 3.27. The van der Waals surface area contributed by atoms with Crippen molar-refractivity contribution in [3.8, 4) is 5.69 Å². The molecule has 1 aromatic heterocycles. The smallest absolute Gasteiger partial charge is 0.125 e. The average molecular weight is 506 g/mol. The summed E-state index contributed by atoms with van der Waals surface area (Å²) in [5.74, 6) is 0. The van der Waals surface area contributed by atoms with E-state index in [1.807, 2.05) is 30.3 Å². The molecule has 0 saturated carbocycles. The van der Waals surface area contributed by atoms with Crippen LogP contribution in [0.1, 0.15) is 11.1 Å². The first kappa shape index (κ1) is 22.9. The second-order valence-corrected chi connectivity index (χ2v) is 10.3. The van der Waals surface area contributed by atoms with Crippen LogP contribution >= 0.6 is 0 Å². The molecule has 5 aromatic rings. The van der Waals surface area contributed by atoms with Crippen LogP contribution in [0.4, 0.5) is 0 Å². The maximum absolute atomic E-state index is 12.0. The van der Waals surface area contributed by atoms with Gasteiger partial charge in [0.2, 0.25) is 0 Å². The first-order chi connectivity index (χ1) is 16.6. The highest BCUT2D eigenvalue weighted by atomic mass is 32.2. The summed E-state index contributed by atoms with van der Waals surface area (Å²) in [6, 6.07) is 20.7. The fourth-order valence-electron chi connectivity index (χ4n) is 3.79. The maximum atomic E-state index is 12.0. The summed E-state index contributed by atoms with van der Waals surface area (Å²) < 4.78 is 70.9. The van der Waals surface area contributed by atoms with Crippen molar-refractivity contribution >= 4 is 54.2 Å². The molecule has 0 amide bonds. The van der Waals surface area contributed by atoms with E-state index in [1.54, 1.807) is 18.2 Å². The first-order valence-corrected chi connectivity index (χ1v) is 13.0. The Morgan fingerprint density at radius 1 is 0.686 bits per heavy atom. The van der Waals surface area contributed by atoms with Crippen molar-refractivity contribution in [3.05, 3.63) is 90.0 Å². The van der Waals surface area contributed by atoms with Crippen molar-refractivity contribution in [2.45, 2.75) is 9.79 Å². The molecule has 4 aromatic carbocycles. The second-order valence-electron chi connectivity index (χ2n) is 7.65. The van der Waals surface area contributed by atoms with Gasteiger partial charge < -0.3 is 9.11 Å². The van der Waals surface area contributed by atoms with Gasteiger partial charge in [0.1, 0.15) is 31.3 Å². The quantitative estimate of drug-likeness (QED) is 0.260. The standard InChI is InChI=1S/C24H17N3O6S2/c28-34(29,30)22-8-4-7-20-19(22)13-14-21-24(20)26-27(25-21)18-12-11-17(23(15-18)35(31,32)33)10-9-16-5-2-1-3-6-16/h1-15H,(H,28,29,30)(H,31,32,33)/p-2. The van der Waals surface area contributed by atoms with Crippen molar-refractivity contribution in [2.75, 3.05) is 0 Å². The number of fused-ring (bicyclic) bond motifs is 3. The highest BCUT2D eigenvalue weighted by Crippen LogP contribution is 2.29. The molecule has 0 radical (unpaired) electrons. The minimum Gasteiger partial charge on any atom is -0.744 e. The topological polar surface area (TPSA) is 145 Å². The van der Waals surface area contributed by atoms with Crippen LogP contribution in [0.15, 0.2) is 88.7 Å². The van der Waals surface area contributed by atoms with Crippen molar-refractivity contribution in [1.82, 2.24) is 15.0 Å². The van der Waals surface area contributed by atoms with Gasteiger partial charge in [-0.1, -0.05) is 66.7 Å². The molecule has 1 heterocycles. The Kier molecular flexibility index (Phi) is 5.49. The number of hydrogen-bond donors (Lipinski definition) is 0. The molecule has 9 nitrogen and oxygen atoms in total. The Morgan fingerprint density at radius 3 is 2.14 bits per heavy atom. The van der Waals surface area contributed by atoms with Gasteiger partial charge in [0.25, 0.3) is 0 Å². The van der Waals surface area contributed by atoms with Crippen molar-refractivity contribution < 1.29 is 25.9 Å². The van der Waals surface area contributed by atoms with Gasteiger partial charge in [0.05, 0.1) is 15.5 Å². The van der Waals surface area contributed by atoms with E-state index in [9.17, 15) is 25.9 Å². The maximum Gasteiger partial charge on any atom is 0.125 e. The van der Waals surface area contributed by atoms with E-state index in [0.717, 1.165) is 10.4 Å². The first-order valence-electron chi connectivity index (χ1n) is 10.2. The van der Waals surface area contributed by atoms with Crippen molar-refractivity contribution in [1.29, 1.82) is 0 Å². The molecule has 0 aliphatic heterocycles.